The molecule has 3 heteroatoms. The fourth-order valence-electron chi connectivity index (χ4n) is 3.07. The SMILES string of the molecule is CCCCO[C@H](C)c1oc2cccc(C)c2c(=O)c1-c1ccccc1. The molecule has 0 unspecified atom stereocenters. The molecule has 0 aliphatic carbocycles. The molecule has 0 spiro atoms. The summed E-state index contributed by atoms with van der Waals surface area (Å²) in [5.74, 6) is 0.602. The standard InChI is InChI=1S/C22H24O3/c1-4-5-14-24-16(3)22-20(17-11-7-6-8-12-17)21(23)19-15(2)10-9-13-18(19)25-22/h6-13,16H,4-5,14H2,1-3H3/t16-/m1/s1. The van der Waals surface area contributed by atoms with E-state index in [0.29, 0.717) is 28.9 Å². The molecule has 0 N–H and O–H groups in total. The molecule has 0 radical (unpaired) electrons. The number of ether oxygens (including phenoxy) is 1. The second-order valence-corrected chi connectivity index (χ2v) is 6.35. The molecule has 3 rings (SSSR count). The lowest BCUT2D eigenvalue weighted by Crippen LogP contribution is -2.13. The van der Waals surface area contributed by atoms with E-state index in [4.69, 9.17) is 9.15 Å². The Bertz CT molecular complexity index is 910. The minimum atomic E-state index is -0.278. The van der Waals surface area contributed by atoms with E-state index in [-0.39, 0.29) is 11.5 Å². The molecule has 0 saturated heterocycles. The first kappa shape index (κ1) is 17.4. The number of fused-ring (bicyclic) bond motifs is 1. The predicted molar refractivity (Wildman–Crippen MR) is 102 cm³/mol. The van der Waals surface area contributed by atoms with Crippen LogP contribution in [0.15, 0.2) is 57.7 Å². The van der Waals surface area contributed by atoms with E-state index in [9.17, 15) is 4.79 Å². The summed E-state index contributed by atoms with van der Waals surface area (Å²) in [7, 11) is 0. The first-order valence-corrected chi connectivity index (χ1v) is 8.86. The molecule has 1 heterocycles. The zero-order valence-electron chi connectivity index (χ0n) is 15.0. The summed E-state index contributed by atoms with van der Waals surface area (Å²) in [4.78, 5) is 13.3. The topological polar surface area (TPSA) is 39.4 Å². The van der Waals surface area contributed by atoms with Crippen molar-refractivity contribution in [3.05, 3.63) is 70.1 Å². The van der Waals surface area contributed by atoms with E-state index in [1.54, 1.807) is 0 Å². The minimum absolute atomic E-state index is 0.00601. The van der Waals surface area contributed by atoms with Crippen molar-refractivity contribution in [2.45, 2.75) is 39.7 Å². The van der Waals surface area contributed by atoms with Crippen LogP contribution in [0.4, 0.5) is 0 Å². The van der Waals surface area contributed by atoms with Crippen molar-refractivity contribution in [2.24, 2.45) is 0 Å². The Morgan fingerprint density at radius 2 is 1.84 bits per heavy atom. The van der Waals surface area contributed by atoms with Crippen LogP contribution in [-0.2, 0) is 4.74 Å². The highest BCUT2D eigenvalue weighted by Crippen LogP contribution is 2.31. The van der Waals surface area contributed by atoms with E-state index in [1.165, 1.54) is 0 Å². The largest absolute Gasteiger partial charge is 0.457 e. The van der Waals surface area contributed by atoms with Gasteiger partial charge in [0.05, 0.1) is 10.9 Å². The third kappa shape index (κ3) is 3.52. The van der Waals surface area contributed by atoms with E-state index in [2.05, 4.69) is 6.92 Å². The van der Waals surface area contributed by atoms with E-state index in [0.717, 1.165) is 24.0 Å². The van der Waals surface area contributed by atoms with Gasteiger partial charge in [0.1, 0.15) is 17.4 Å². The van der Waals surface area contributed by atoms with E-state index in [1.807, 2.05) is 62.4 Å². The summed E-state index contributed by atoms with van der Waals surface area (Å²) in [5.41, 5.74) is 3.01. The smallest absolute Gasteiger partial charge is 0.201 e. The Morgan fingerprint density at radius 1 is 1.08 bits per heavy atom. The highest BCUT2D eigenvalue weighted by atomic mass is 16.5. The monoisotopic (exact) mass is 336 g/mol. The number of aryl methyl sites for hydroxylation is 1. The molecule has 0 bridgehead atoms. The van der Waals surface area contributed by atoms with Gasteiger partial charge < -0.3 is 9.15 Å². The Hall–Kier alpha value is -2.39. The Kier molecular flexibility index (Phi) is 5.34. The molecule has 2 aromatic carbocycles. The van der Waals surface area contributed by atoms with Crippen molar-refractivity contribution in [3.63, 3.8) is 0 Å². The van der Waals surface area contributed by atoms with Crippen LogP contribution < -0.4 is 5.43 Å². The average Bonchev–Trinajstić information content (AvgIpc) is 2.62. The van der Waals surface area contributed by atoms with Gasteiger partial charge in [-0.1, -0.05) is 55.8 Å². The van der Waals surface area contributed by atoms with Gasteiger partial charge in [0.15, 0.2) is 0 Å². The van der Waals surface area contributed by atoms with Crippen molar-refractivity contribution >= 4 is 11.0 Å². The van der Waals surface area contributed by atoms with Gasteiger partial charge in [0.25, 0.3) is 0 Å². The van der Waals surface area contributed by atoms with Gasteiger partial charge in [-0.05, 0) is 37.5 Å². The summed E-state index contributed by atoms with van der Waals surface area (Å²) in [5, 5.41) is 0.644. The second kappa shape index (κ2) is 7.66. The Morgan fingerprint density at radius 3 is 2.56 bits per heavy atom. The molecule has 0 amide bonds. The van der Waals surface area contributed by atoms with Gasteiger partial charge in [-0.2, -0.15) is 0 Å². The first-order valence-electron chi connectivity index (χ1n) is 8.86. The summed E-state index contributed by atoms with van der Waals surface area (Å²) >= 11 is 0. The summed E-state index contributed by atoms with van der Waals surface area (Å²) in [6, 6.07) is 15.4. The van der Waals surface area contributed by atoms with Crippen LogP contribution >= 0.6 is 0 Å². The number of rotatable bonds is 6. The van der Waals surface area contributed by atoms with Crippen molar-refractivity contribution in [1.29, 1.82) is 0 Å². The maximum Gasteiger partial charge on any atom is 0.201 e. The van der Waals surface area contributed by atoms with Crippen LogP contribution in [0.3, 0.4) is 0 Å². The fourth-order valence-corrected chi connectivity index (χ4v) is 3.07. The normalized spacial score (nSPS) is 12.4. The molecular formula is C22H24O3. The molecule has 0 fully saturated rings. The lowest BCUT2D eigenvalue weighted by molar-refractivity contribution is 0.0497. The van der Waals surface area contributed by atoms with Gasteiger partial charge >= 0.3 is 0 Å². The number of benzene rings is 2. The van der Waals surface area contributed by atoms with Crippen LogP contribution in [0.25, 0.3) is 22.1 Å². The Labute approximate surface area is 148 Å². The molecule has 0 aliphatic rings. The first-order chi connectivity index (χ1) is 12.1. The van der Waals surface area contributed by atoms with Crippen molar-refractivity contribution in [3.8, 4) is 11.1 Å². The highest BCUT2D eigenvalue weighted by Gasteiger charge is 2.21. The molecule has 0 saturated carbocycles. The maximum absolute atomic E-state index is 13.3. The third-order valence-corrected chi connectivity index (χ3v) is 4.45. The Balaban J connectivity index is 2.22. The molecule has 3 aromatic rings. The van der Waals surface area contributed by atoms with Crippen LogP contribution in [-0.4, -0.2) is 6.61 Å². The van der Waals surface area contributed by atoms with Gasteiger partial charge in [-0.3, -0.25) is 4.79 Å². The molecule has 130 valence electrons. The predicted octanol–water partition coefficient (Wildman–Crippen LogP) is 5.65. The average molecular weight is 336 g/mol. The van der Waals surface area contributed by atoms with Gasteiger partial charge in [-0.25, -0.2) is 0 Å². The maximum atomic E-state index is 13.3. The molecule has 1 aromatic heterocycles. The van der Waals surface area contributed by atoms with E-state index < -0.39 is 0 Å². The number of hydrogen-bond acceptors (Lipinski definition) is 3. The van der Waals surface area contributed by atoms with Crippen molar-refractivity contribution < 1.29 is 9.15 Å². The number of unbranched alkanes of at least 4 members (excludes halogenated alkanes) is 1. The number of hydrogen-bond donors (Lipinski definition) is 0. The quantitative estimate of drug-likeness (QED) is 0.546. The fraction of sp³-hybridized carbons (Fsp3) is 0.318. The highest BCUT2D eigenvalue weighted by molar-refractivity contribution is 5.85. The zero-order chi connectivity index (χ0) is 17.8. The van der Waals surface area contributed by atoms with Gasteiger partial charge in [-0.15, -0.1) is 0 Å². The second-order valence-electron chi connectivity index (χ2n) is 6.35. The lowest BCUT2D eigenvalue weighted by atomic mass is 9.98. The molecular weight excluding hydrogens is 312 g/mol. The van der Waals surface area contributed by atoms with Gasteiger partial charge in [0.2, 0.25) is 5.43 Å². The van der Waals surface area contributed by atoms with Crippen LogP contribution in [0.1, 0.15) is 44.1 Å². The van der Waals surface area contributed by atoms with Crippen molar-refractivity contribution in [1.82, 2.24) is 0 Å². The molecule has 1 atom stereocenters. The van der Waals surface area contributed by atoms with Crippen LogP contribution in [0.2, 0.25) is 0 Å². The van der Waals surface area contributed by atoms with Crippen LogP contribution in [0, 0.1) is 6.92 Å². The zero-order valence-corrected chi connectivity index (χ0v) is 15.0. The molecule has 3 nitrogen and oxygen atoms in total. The summed E-state index contributed by atoms with van der Waals surface area (Å²) in [6.07, 6.45) is 1.78. The van der Waals surface area contributed by atoms with Gasteiger partial charge in [0, 0.05) is 6.61 Å². The lowest BCUT2D eigenvalue weighted by Gasteiger charge is -2.17. The minimum Gasteiger partial charge on any atom is -0.457 e. The summed E-state index contributed by atoms with van der Waals surface area (Å²) < 4.78 is 12.1. The van der Waals surface area contributed by atoms with Crippen molar-refractivity contribution in [2.75, 3.05) is 6.61 Å². The van der Waals surface area contributed by atoms with E-state index >= 15 is 0 Å². The third-order valence-electron chi connectivity index (χ3n) is 4.45. The van der Waals surface area contributed by atoms with Crippen LogP contribution in [0.5, 0.6) is 0 Å². The summed E-state index contributed by atoms with van der Waals surface area (Å²) in [6.45, 7) is 6.67. The molecule has 0 aliphatic heterocycles. The molecule has 25 heavy (non-hydrogen) atoms.